The van der Waals surface area contributed by atoms with Crippen LogP contribution in [-0.2, 0) is 4.74 Å². The summed E-state index contributed by atoms with van der Waals surface area (Å²) in [4.78, 5) is 31.2. The average molecular weight is 336 g/mol. The van der Waals surface area contributed by atoms with Crippen molar-refractivity contribution in [3.63, 3.8) is 0 Å². The zero-order valence-electron chi connectivity index (χ0n) is 13.4. The van der Waals surface area contributed by atoms with Crippen molar-refractivity contribution in [2.24, 2.45) is 0 Å². The Kier molecular flexibility index (Phi) is 4.17. The Morgan fingerprint density at radius 3 is 2.80 bits per heavy atom. The SMILES string of the molecule is O=C(c1ccc(-n2ccnc2)nc1)N1CCO[C@H](c2cnccn2)C1. The molecule has 0 aliphatic carbocycles. The van der Waals surface area contributed by atoms with Crippen LogP contribution in [0.15, 0.2) is 55.6 Å². The molecule has 0 spiro atoms. The highest BCUT2D eigenvalue weighted by molar-refractivity contribution is 5.94. The number of carbonyl (C=O) groups excluding carboxylic acids is 1. The molecular weight excluding hydrogens is 320 g/mol. The van der Waals surface area contributed by atoms with Gasteiger partial charge in [0.05, 0.1) is 30.6 Å². The Morgan fingerprint density at radius 1 is 1.12 bits per heavy atom. The first-order valence-corrected chi connectivity index (χ1v) is 7.92. The van der Waals surface area contributed by atoms with Crippen molar-refractivity contribution >= 4 is 5.91 Å². The molecule has 4 rings (SSSR count). The van der Waals surface area contributed by atoms with Gasteiger partial charge in [-0.1, -0.05) is 0 Å². The van der Waals surface area contributed by atoms with Crippen LogP contribution in [0.2, 0.25) is 0 Å². The fourth-order valence-corrected chi connectivity index (χ4v) is 2.73. The second-order valence-corrected chi connectivity index (χ2v) is 5.62. The standard InChI is InChI=1S/C17H16N6O2/c24-17(13-1-2-16(21-9-13)23-6-5-19-12-23)22-7-8-25-15(11-22)14-10-18-3-4-20-14/h1-6,9-10,12,15H,7-8,11H2/t15-/m0/s1. The molecule has 1 amide bonds. The molecule has 4 heterocycles. The molecule has 1 aliphatic rings. The molecule has 0 aromatic carbocycles. The lowest BCUT2D eigenvalue weighted by Gasteiger charge is -2.32. The van der Waals surface area contributed by atoms with Gasteiger partial charge in [-0.25, -0.2) is 9.97 Å². The Labute approximate surface area is 144 Å². The molecule has 1 saturated heterocycles. The summed E-state index contributed by atoms with van der Waals surface area (Å²) in [5, 5.41) is 0. The smallest absolute Gasteiger partial charge is 0.255 e. The van der Waals surface area contributed by atoms with E-state index < -0.39 is 0 Å². The van der Waals surface area contributed by atoms with Gasteiger partial charge >= 0.3 is 0 Å². The zero-order chi connectivity index (χ0) is 17.1. The first kappa shape index (κ1) is 15.4. The summed E-state index contributed by atoms with van der Waals surface area (Å²) in [6, 6.07) is 3.58. The third kappa shape index (κ3) is 3.24. The van der Waals surface area contributed by atoms with Crippen LogP contribution < -0.4 is 0 Å². The van der Waals surface area contributed by atoms with Crippen molar-refractivity contribution < 1.29 is 9.53 Å². The molecule has 3 aromatic rings. The fraction of sp³-hybridized carbons (Fsp3) is 0.235. The number of carbonyl (C=O) groups is 1. The first-order valence-electron chi connectivity index (χ1n) is 7.92. The van der Waals surface area contributed by atoms with Crippen LogP contribution in [0, 0.1) is 0 Å². The van der Waals surface area contributed by atoms with E-state index in [1.165, 1.54) is 0 Å². The molecule has 25 heavy (non-hydrogen) atoms. The minimum Gasteiger partial charge on any atom is -0.368 e. The number of aromatic nitrogens is 5. The molecule has 0 saturated carbocycles. The number of rotatable bonds is 3. The van der Waals surface area contributed by atoms with Crippen molar-refractivity contribution in [1.82, 2.24) is 29.4 Å². The van der Waals surface area contributed by atoms with Gasteiger partial charge in [0.15, 0.2) is 0 Å². The van der Waals surface area contributed by atoms with Crippen LogP contribution in [0.1, 0.15) is 22.2 Å². The van der Waals surface area contributed by atoms with E-state index in [2.05, 4.69) is 19.9 Å². The number of morpholine rings is 1. The second-order valence-electron chi connectivity index (χ2n) is 5.62. The number of hydrogen-bond donors (Lipinski definition) is 0. The van der Waals surface area contributed by atoms with E-state index in [-0.39, 0.29) is 12.0 Å². The van der Waals surface area contributed by atoms with Crippen LogP contribution in [0.25, 0.3) is 5.82 Å². The molecule has 0 N–H and O–H groups in total. The number of imidazole rings is 1. The van der Waals surface area contributed by atoms with Crippen LogP contribution in [0.5, 0.6) is 0 Å². The van der Waals surface area contributed by atoms with E-state index in [4.69, 9.17) is 4.74 Å². The summed E-state index contributed by atoms with van der Waals surface area (Å²) in [5.41, 5.74) is 1.28. The third-order valence-corrected chi connectivity index (χ3v) is 4.03. The topological polar surface area (TPSA) is 86.0 Å². The number of hydrogen-bond acceptors (Lipinski definition) is 6. The number of ether oxygens (including phenoxy) is 1. The largest absolute Gasteiger partial charge is 0.368 e. The van der Waals surface area contributed by atoms with Gasteiger partial charge in [-0.05, 0) is 12.1 Å². The molecule has 1 fully saturated rings. The zero-order valence-corrected chi connectivity index (χ0v) is 13.4. The molecule has 0 radical (unpaired) electrons. The highest BCUT2D eigenvalue weighted by atomic mass is 16.5. The van der Waals surface area contributed by atoms with E-state index in [0.29, 0.717) is 31.1 Å². The maximum absolute atomic E-state index is 12.7. The van der Waals surface area contributed by atoms with Crippen molar-refractivity contribution in [3.05, 3.63) is 66.9 Å². The predicted octanol–water partition coefficient (Wildman–Crippen LogP) is 1.27. The normalized spacial score (nSPS) is 17.4. The quantitative estimate of drug-likeness (QED) is 0.716. The predicted molar refractivity (Wildman–Crippen MR) is 88.0 cm³/mol. The van der Waals surface area contributed by atoms with Crippen LogP contribution in [-0.4, -0.2) is 55.0 Å². The van der Waals surface area contributed by atoms with Crippen LogP contribution >= 0.6 is 0 Å². The average Bonchev–Trinajstić information content (AvgIpc) is 3.23. The molecule has 126 valence electrons. The van der Waals surface area contributed by atoms with Gasteiger partial charge < -0.3 is 9.64 Å². The van der Waals surface area contributed by atoms with E-state index in [1.807, 2.05) is 0 Å². The summed E-state index contributed by atoms with van der Waals surface area (Å²) in [6.07, 6.45) is 11.4. The molecule has 1 atom stereocenters. The molecule has 8 nitrogen and oxygen atoms in total. The van der Waals surface area contributed by atoms with Crippen molar-refractivity contribution in [1.29, 1.82) is 0 Å². The molecule has 8 heteroatoms. The first-order chi connectivity index (χ1) is 12.3. The fourth-order valence-electron chi connectivity index (χ4n) is 2.73. The summed E-state index contributed by atoms with van der Waals surface area (Å²) in [5.74, 6) is 0.648. The Bertz CT molecular complexity index is 835. The minimum atomic E-state index is -0.260. The highest BCUT2D eigenvalue weighted by Gasteiger charge is 2.27. The summed E-state index contributed by atoms with van der Waals surface area (Å²) in [7, 11) is 0. The van der Waals surface area contributed by atoms with Gasteiger partial charge in [-0.3, -0.25) is 19.3 Å². The van der Waals surface area contributed by atoms with Crippen LogP contribution in [0.4, 0.5) is 0 Å². The van der Waals surface area contributed by atoms with Gasteiger partial charge in [0.1, 0.15) is 18.2 Å². The lowest BCUT2D eigenvalue weighted by molar-refractivity contribution is -0.0249. The van der Waals surface area contributed by atoms with E-state index >= 15 is 0 Å². The summed E-state index contributed by atoms with van der Waals surface area (Å²) >= 11 is 0. The van der Waals surface area contributed by atoms with Crippen molar-refractivity contribution in [2.75, 3.05) is 19.7 Å². The highest BCUT2D eigenvalue weighted by Crippen LogP contribution is 2.21. The molecule has 1 aliphatic heterocycles. The Hall–Kier alpha value is -3.13. The van der Waals surface area contributed by atoms with Crippen LogP contribution in [0.3, 0.4) is 0 Å². The third-order valence-electron chi connectivity index (χ3n) is 4.03. The summed E-state index contributed by atoms with van der Waals surface area (Å²) < 4.78 is 7.51. The maximum atomic E-state index is 12.7. The summed E-state index contributed by atoms with van der Waals surface area (Å²) in [6.45, 7) is 1.45. The van der Waals surface area contributed by atoms with E-state index in [1.54, 1.807) is 65.1 Å². The van der Waals surface area contributed by atoms with Crippen molar-refractivity contribution in [3.8, 4) is 5.82 Å². The van der Waals surface area contributed by atoms with E-state index in [0.717, 1.165) is 5.69 Å². The Morgan fingerprint density at radius 2 is 2.08 bits per heavy atom. The van der Waals surface area contributed by atoms with Gasteiger partial charge in [0.25, 0.3) is 5.91 Å². The Balaban J connectivity index is 1.48. The van der Waals surface area contributed by atoms with Gasteiger partial charge in [-0.2, -0.15) is 0 Å². The lowest BCUT2D eigenvalue weighted by atomic mass is 10.1. The number of amides is 1. The van der Waals surface area contributed by atoms with Crippen molar-refractivity contribution in [2.45, 2.75) is 6.10 Å². The minimum absolute atomic E-state index is 0.0677. The lowest BCUT2D eigenvalue weighted by Crippen LogP contribution is -2.42. The molecule has 0 unspecified atom stereocenters. The van der Waals surface area contributed by atoms with Gasteiger partial charge in [0, 0.05) is 37.5 Å². The molecule has 3 aromatic heterocycles. The van der Waals surface area contributed by atoms with Gasteiger partial charge in [-0.15, -0.1) is 0 Å². The van der Waals surface area contributed by atoms with Gasteiger partial charge in [0.2, 0.25) is 0 Å². The molecule has 0 bridgehead atoms. The van der Waals surface area contributed by atoms with E-state index in [9.17, 15) is 4.79 Å². The second kappa shape index (κ2) is 6.78. The molecular formula is C17H16N6O2. The number of pyridine rings is 1. The monoisotopic (exact) mass is 336 g/mol. The maximum Gasteiger partial charge on any atom is 0.255 e. The number of nitrogens with zero attached hydrogens (tertiary/aromatic N) is 6.